The summed E-state index contributed by atoms with van der Waals surface area (Å²) in [6.45, 7) is 1.48. The molecule has 0 spiro atoms. The SMILES string of the molecule is CC(Cc1cccc(F)c1)NCC(F)F. The largest absolute Gasteiger partial charge is 0.309 e. The molecule has 4 heteroatoms. The van der Waals surface area contributed by atoms with Gasteiger partial charge in [0.05, 0.1) is 6.54 Å². The molecule has 1 unspecified atom stereocenters. The van der Waals surface area contributed by atoms with Crippen LogP contribution in [0.2, 0.25) is 0 Å². The second-order valence-electron chi connectivity index (χ2n) is 3.53. The lowest BCUT2D eigenvalue weighted by Crippen LogP contribution is -2.32. The van der Waals surface area contributed by atoms with Crippen molar-refractivity contribution in [2.24, 2.45) is 0 Å². The first-order valence-electron chi connectivity index (χ1n) is 4.84. The summed E-state index contributed by atoms with van der Waals surface area (Å²) >= 11 is 0. The third-order valence-corrected chi connectivity index (χ3v) is 2.05. The van der Waals surface area contributed by atoms with Crippen molar-refractivity contribution in [1.82, 2.24) is 5.32 Å². The fourth-order valence-electron chi connectivity index (χ4n) is 1.38. The van der Waals surface area contributed by atoms with E-state index in [0.29, 0.717) is 6.42 Å². The van der Waals surface area contributed by atoms with Crippen molar-refractivity contribution in [3.8, 4) is 0 Å². The Balaban J connectivity index is 2.40. The van der Waals surface area contributed by atoms with E-state index in [2.05, 4.69) is 5.32 Å². The summed E-state index contributed by atoms with van der Waals surface area (Å²) in [5.41, 5.74) is 0.810. The van der Waals surface area contributed by atoms with E-state index in [1.54, 1.807) is 19.1 Å². The fourth-order valence-corrected chi connectivity index (χ4v) is 1.38. The monoisotopic (exact) mass is 217 g/mol. The molecule has 0 aliphatic rings. The molecular formula is C11H14F3N. The minimum atomic E-state index is -2.35. The van der Waals surface area contributed by atoms with Crippen LogP contribution in [0.4, 0.5) is 13.2 Å². The molecule has 0 aliphatic carbocycles. The summed E-state index contributed by atoms with van der Waals surface area (Å²) in [5.74, 6) is -0.298. The Morgan fingerprint density at radius 1 is 1.33 bits per heavy atom. The van der Waals surface area contributed by atoms with Crippen LogP contribution in [-0.4, -0.2) is 19.0 Å². The predicted molar refractivity (Wildman–Crippen MR) is 53.6 cm³/mol. The maximum atomic E-state index is 12.8. The Morgan fingerprint density at radius 2 is 2.07 bits per heavy atom. The van der Waals surface area contributed by atoms with Crippen molar-refractivity contribution < 1.29 is 13.2 Å². The normalized spacial score (nSPS) is 13.1. The standard InChI is InChI=1S/C11H14F3N/c1-8(15-7-11(13)14)5-9-3-2-4-10(12)6-9/h2-4,6,8,11,15H,5,7H2,1H3. The van der Waals surface area contributed by atoms with Gasteiger partial charge >= 0.3 is 0 Å². The first-order valence-corrected chi connectivity index (χ1v) is 4.84. The zero-order valence-electron chi connectivity index (χ0n) is 8.51. The van der Waals surface area contributed by atoms with Gasteiger partial charge in [-0.2, -0.15) is 0 Å². The minimum absolute atomic E-state index is 0.0826. The third kappa shape index (κ3) is 4.83. The van der Waals surface area contributed by atoms with E-state index in [0.717, 1.165) is 5.56 Å². The van der Waals surface area contributed by atoms with E-state index < -0.39 is 6.43 Å². The fraction of sp³-hybridized carbons (Fsp3) is 0.455. The highest BCUT2D eigenvalue weighted by Gasteiger charge is 2.07. The molecule has 1 nitrogen and oxygen atoms in total. The quantitative estimate of drug-likeness (QED) is 0.799. The Kier molecular flexibility index (Phi) is 4.62. The molecule has 0 radical (unpaired) electrons. The number of halogens is 3. The topological polar surface area (TPSA) is 12.0 Å². The van der Waals surface area contributed by atoms with Crippen molar-refractivity contribution in [2.45, 2.75) is 25.8 Å². The summed E-state index contributed by atoms with van der Waals surface area (Å²) in [7, 11) is 0. The van der Waals surface area contributed by atoms with Gasteiger partial charge in [0.25, 0.3) is 6.43 Å². The van der Waals surface area contributed by atoms with Gasteiger partial charge in [-0.1, -0.05) is 12.1 Å². The van der Waals surface area contributed by atoms with Crippen molar-refractivity contribution in [3.05, 3.63) is 35.6 Å². The van der Waals surface area contributed by atoms with Crippen molar-refractivity contribution in [3.63, 3.8) is 0 Å². The van der Waals surface area contributed by atoms with Gasteiger partial charge in [-0.05, 0) is 31.0 Å². The first-order chi connectivity index (χ1) is 7.08. The molecule has 0 saturated heterocycles. The van der Waals surface area contributed by atoms with Gasteiger partial charge in [-0.25, -0.2) is 13.2 Å². The summed E-state index contributed by atoms with van der Waals surface area (Å²) in [5, 5.41) is 2.68. The lowest BCUT2D eigenvalue weighted by molar-refractivity contribution is 0.142. The van der Waals surface area contributed by atoms with Crippen LogP contribution in [0, 0.1) is 5.82 Å². The molecule has 1 aromatic rings. The van der Waals surface area contributed by atoms with E-state index in [4.69, 9.17) is 0 Å². The second kappa shape index (κ2) is 5.75. The van der Waals surface area contributed by atoms with Gasteiger partial charge in [0.2, 0.25) is 0 Å². The van der Waals surface area contributed by atoms with Crippen molar-refractivity contribution >= 4 is 0 Å². The molecule has 84 valence electrons. The summed E-state index contributed by atoms with van der Waals surface area (Å²) < 4.78 is 36.5. The van der Waals surface area contributed by atoms with E-state index in [9.17, 15) is 13.2 Å². The molecule has 0 bridgehead atoms. The molecule has 0 amide bonds. The van der Waals surface area contributed by atoms with Crippen LogP contribution in [0.1, 0.15) is 12.5 Å². The van der Waals surface area contributed by atoms with Crippen LogP contribution in [0.15, 0.2) is 24.3 Å². The Hall–Kier alpha value is -1.03. The molecule has 1 atom stereocenters. The molecule has 15 heavy (non-hydrogen) atoms. The van der Waals surface area contributed by atoms with Crippen LogP contribution in [0.5, 0.6) is 0 Å². The highest BCUT2D eigenvalue weighted by Crippen LogP contribution is 2.06. The average molecular weight is 217 g/mol. The molecular weight excluding hydrogens is 203 g/mol. The minimum Gasteiger partial charge on any atom is -0.309 e. The van der Waals surface area contributed by atoms with E-state index in [1.165, 1.54) is 12.1 Å². The molecule has 1 aromatic carbocycles. The number of hydrogen-bond acceptors (Lipinski definition) is 1. The number of alkyl halides is 2. The van der Waals surface area contributed by atoms with Crippen LogP contribution in [0.3, 0.4) is 0 Å². The maximum absolute atomic E-state index is 12.8. The van der Waals surface area contributed by atoms with Crippen LogP contribution in [0.25, 0.3) is 0 Å². The Bertz CT molecular complexity index is 302. The van der Waals surface area contributed by atoms with Gasteiger partial charge in [0.1, 0.15) is 5.82 Å². The van der Waals surface area contributed by atoms with Gasteiger partial charge in [-0.3, -0.25) is 0 Å². The highest BCUT2D eigenvalue weighted by molar-refractivity contribution is 5.17. The van der Waals surface area contributed by atoms with Crippen molar-refractivity contribution in [2.75, 3.05) is 6.54 Å². The van der Waals surface area contributed by atoms with Gasteiger partial charge < -0.3 is 5.32 Å². The molecule has 0 aliphatic heterocycles. The second-order valence-corrected chi connectivity index (χ2v) is 3.53. The highest BCUT2D eigenvalue weighted by atomic mass is 19.3. The van der Waals surface area contributed by atoms with E-state index in [1.807, 2.05) is 0 Å². The molecule has 1 rings (SSSR count). The van der Waals surface area contributed by atoms with Crippen LogP contribution in [-0.2, 0) is 6.42 Å². The van der Waals surface area contributed by atoms with Crippen molar-refractivity contribution in [1.29, 1.82) is 0 Å². The Morgan fingerprint density at radius 3 is 2.67 bits per heavy atom. The smallest absolute Gasteiger partial charge is 0.250 e. The lowest BCUT2D eigenvalue weighted by Gasteiger charge is -2.13. The zero-order valence-corrected chi connectivity index (χ0v) is 8.51. The maximum Gasteiger partial charge on any atom is 0.250 e. The molecule has 0 aromatic heterocycles. The molecule has 0 heterocycles. The predicted octanol–water partition coefficient (Wildman–Crippen LogP) is 2.61. The zero-order chi connectivity index (χ0) is 11.3. The van der Waals surface area contributed by atoms with E-state index >= 15 is 0 Å². The lowest BCUT2D eigenvalue weighted by atomic mass is 10.1. The molecule has 1 N–H and O–H groups in total. The summed E-state index contributed by atoms with van der Waals surface area (Å²) in [6, 6.07) is 6.09. The third-order valence-electron chi connectivity index (χ3n) is 2.05. The summed E-state index contributed by atoms with van der Waals surface area (Å²) in [6.07, 6.45) is -1.80. The summed E-state index contributed by atoms with van der Waals surface area (Å²) in [4.78, 5) is 0. The van der Waals surface area contributed by atoms with Gasteiger partial charge in [0.15, 0.2) is 0 Å². The van der Waals surface area contributed by atoms with E-state index in [-0.39, 0.29) is 18.4 Å². The van der Waals surface area contributed by atoms with Gasteiger partial charge in [0, 0.05) is 6.04 Å². The molecule has 0 saturated carbocycles. The number of rotatable bonds is 5. The molecule has 0 fully saturated rings. The number of hydrogen-bond donors (Lipinski definition) is 1. The first kappa shape index (κ1) is 12.0. The van der Waals surface area contributed by atoms with Crippen LogP contribution >= 0.6 is 0 Å². The number of benzene rings is 1. The van der Waals surface area contributed by atoms with Crippen LogP contribution < -0.4 is 5.32 Å². The number of nitrogens with one attached hydrogen (secondary N) is 1. The van der Waals surface area contributed by atoms with Gasteiger partial charge in [-0.15, -0.1) is 0 Å². The average Bonchev–Trinajstić information content (AvgIpc) is 2.15. The Labute approximate surface area is 87.3 Å².